The summed E-state index contributed by atoms with van der Waals surface area (Å²) in [5.41, 5.74) is 1.03. The molecule has 2 N–H and O–H groups in total. The highest BCUT2D eigenvalue weighted by Gasteiger charge is 2.29. The topological polar surface area (TPSA) is 73.1 Å². The SMILES string of the molecule is CCC1CN(C(=O)c2cc(O)ccc2Cl)CC/C1=N\O. The molecule has 0 radical (unpaired) electrons. The van der Waals surface area contributed by atoms with Crippen LogP contribution in [0.15, 0.2) is 23.4 Å². The summed E-state index contributed by atoms with van der Waals surface area (Å²) >= 11 is 6.01. The second-order valence-electron chi connectivity index (χ2n) is 4.86. The van der Waals surface area contributed by atoms with Gasteiger partial charge in [-0.2, -0.15) is 0 Å². The molecule has 1 heterocycles. The predicted molar refractivity (Wildman–Crippen MR) is 76.6 cm³/mol. The number of hydrogen-bond acceptors (Lipinski definition) is 4. The van der Waals surface area contributed by atoms with Crippen LogP contribution in [0.25, 0.3) is 0 Å². The number of aromatic hydroxyl groups is 1. The van der Waals surface area contributed by atoms with E-state index in [1.165, 1.54) is 18.2 Å². The fraction of sp³-hybridized carbons (Fsp3) is 0.429. The first-order chi connectivity index (χ1) is 9.56. The van der Waals surface area contributed by atoms with Gasteiger partial charge in [0.15, 0.2) is 0 Å². The minimum absolute atomic E-state index is 0.0133. The lowest BCUT2D eigenvalue weighted by Crippen LogP contribution is -2.44. The Hall–Kier alpha value is -1.75. The van der Waals surface area contributed by atoms with Gasteiger partial charge in [0.2, 0.25) is 0 Å². The Kier molecular flexibility index (Phi) is 4.49. The van der Waals surface area contributed by atoms with Gasteiger partial charge in [-0.25, -0.2) is 0 Å². The summed E-state index contributed by atoms with van der Waals surface area (Å²) in [5, 5.41) is 22.1. The Balaban J connectivity index is 2.20. The van der Waals surface area contributed by atoms with Gasteiger partial charge < -0.3 is 15.2 Å². The monoisotopic (exact) mass is 296 g/mol. The smallest absolute Gasteiger partial charge is 0.255 e. The summed E-state index contributed by atoms with van der Waals surface area (Å²) in [6.07, 6.45) is 1.36. The third-order valence-electron chi connectivity index (χ3n) is 3.64. The van der Waals surface area contributed by atoms with E-state index in [2.05, 4.69) is 5.16 Å². The van der Waals surface area contributed by atoms with E-state index in [1.54, 1.807) is 4.90 Å². The highest BCUT2D eigenvalue weighted by atomic mass is 35.5. The summed E-state index contributed by atoms with van der Waals surface area (Å²) in [4.78, 5) is 14.1. The lowest BCUT2D eigenvalue weighted by Gasteiger charge is -2.33. The third-order valence-corrected chi connectivity index (χ3v) is 3.97. The van der Waals surface area contributed by atoms with Crippen LogP contribution in [-0.4, -0.2) is 39.9 Å². The Labute approximate surface area is 122 Å². The molecule has 0 bridgehead atoms. The lowest BCUT2D eigenvalue weighted by atomic mass is 9.93. The van der Waals surface area contributed by atoms with E-state index in [1.807, 2.05) is 6.92 Å². The zero-order chi connectivity index (χ0) is 14.7. The maximum Gasteiger partial charge on any atom is 0.255 e. The number of carbonyl (C=O) groups is 1. The van der Waals surface area contributed by atoms with Gasteiger partial charge in [0.05, 0.1) is 16.3 Å². The van der Waals surface area contributed by atoms with Gasteiger partial charge in [-0.15, -0.1) is 0 Å². The number of piperidine rings is 1. The van der Waals surface area contributed by atoms with Crippen molar-refractivity contribution in [1.29, 1.82) is 0 Å². The third kappa shape index (κ3) is 2.88. The van der Waals surface area contributed by atoms with E-state index in [4.69, 9.17) is 16.8 Å². The van der Waals surface area contributed by atoms with Gasteiger partial charge in [0.1, 0.15) is 5.75 Å². The molecule has 2 rings (SSSR count). The summed E-state index contributed by atoms with van der Waals surface area (Å²) < 4.78 is 0. The number of amides is 1. The molecule has 1 amide bonds. The molecule has 5 nitrogen and oxygen atoms in total. The summed E-state index contributed by atoms with van der Waals surface area (Å²) in [5.74, 6) is -0.130. The zero-order valence-electron chi connectivity index (χ0n) is 11.2. The molecule has 1 aliphatic heterocycles. The standard InChI is InChI=1S/C14H17ClN2O3/c1-2-9-8-17(6-5-13(9)16-20)14(19)11-7-10(18)3-4-12(11)15/h3-4,7,9,18,20H,2,5-6,8H2,1H3/b16-13+. The molecule has 1 aromatic carbocycles. The highest BCUT2D eigenvalue weighted by Crippen LogP contribution is 2.25. The second kappa shape index (κ2) is 6.13. The van der Waals surface area contributed by atoms with Crippen molar-refractivity contribution in [2.45, 2.75) is 19.8 Å². The average Bonchev–Trinajstić information content (AvgIpc) is 2.48. The molecule has 0 spiro atoms. The summed E-state index contributed by atoms with van der Waals surface area (Å²) in [6.45, 7) is 2.98. The Morgan fingerprint density at radius 3 is 2.95 bits per heavy atom. The lowest BCUT2D eigenvalue weighted by molar-refractivity contribution is 0.0728. The van der Waals surface area contributed by atoms with Crippen LogP contribution in [0.3, 0.4) is 0 Å². The minimum Gasteiger partial charge on any atom is -0.508 e. The number of phenolic OH excluding ortho intramolecular Hbond substituents is 1. The quantitative estimate of drug-likeness (QED) is 0.651. The molecular weight excluding hydrogens is 280 g/mol. The number of benzene rings is 1. The predicted octanol–water partition coefficient (Wildman–Crippen LogP) is 2.75. The van der Waals surface area contributed by atoms with Crippen molar-refractivity contribution in [2.75, 3.05) is 13.1 Å². The number of hydrogen-bond donors (Lipinski definition) is 2. The molecule has 6 heteroatoms. The number of rotatable bonds is 2. The van der Waals surface area contributed by atoms with Crippen LogP contribution in [-0.2, 0) is 0 Å². The Morgan fingerprint density at radius 1 is 1.55 bits per heavy atom. The van der Waals surface area contributed by atoms with Gasteiger partial charge in [-0.05, 0) is 24.6 Å². The van der Waals surface area contributed by atoms with E-state index < -0.39 is 0 Å². The van der Waals surface area contributed by atoms with Crippen LogP contribution in [0.5, 0.6) is 5.75 Å². The van der Waals surface area contributed by atoms with E-state index >= 15 is 0 Å². The Bertz CT molecular complexity index is 545. The number of halogens is 1. The van der Waals surface area contributed by atoms with Crippen molar-refractivity contribution in [3.8, 4) is 5.75 Å². The van der Waals surface area contributed by atoms with Crippen molar-refractivity contribution in [2.24, 2.45) is 11.1 Å². The van der Waals surface area contributed by atoms with Crippen LogP contribution >= 0.6 is 11.6 Å². The van der Waals surface area contributed by atoms with Crippen LogP contribution in [0, 0.1) is 5.92 Å². The van der Waals surface area contributed by atoms with Crippen molar-refractivity contribution in [3.05, 3.63) is 28.8 Å². The molecule has 0 aromatic heterocycles. The van der Waals surface area contributed by atoms with E-state index in [0.29, 0.717) is 30.1 Å². The number of carbonyl (C=O) groups excluding carboxylic acids is 1. The van der Waals surface area contributed by atoms with E-state index in [-0.39, 0.29) is 17.6 Å². The second-order valence-corrected chi connectivity index (χ2v) is 5.27. The molecule has 1 fully saturated rings. The molecule has 1 saturated heterocycles. The fourth-order valence-corrected chi connectivity index (χ4v) is 2.64. The number of phenols is 1. The summed E-state index contributed by atoms with van der Waals surface area (Å²) in [7, 11) is 0. The maximum atomic E-state index is 12.5. The molecule has 0 aliphatic carbocycles. The summed E-state index contributed by atoms with van der Waals surface area (Å²) in [6, 6.07) is 4.33. The average molecular weight is 297 g/mol. The van der Waals surface area contributed by atoms with Crippen LogP contribution in [0.2, 0.25) is 5.02 Å². The van der Waals surface area contributed by atoms with Crippen molar-refractivity contribution in [3.63, 3.8) is 0 Å². The molecular formula is C14H17ClN2O3. The van der Waals surface area contributed by atoms with Gasteiger partial charge in [-0.1, -0.05) is 23.7 Å². The molecule has 108 valence electrons. The molecule has 1 aromatic rings. The molecule has 1 unspecified atom stereocenters. The van der Waals surface area contributed by atoms with Gasteiger partial charge >= 0.3 is 0 Å². The number of nitrogens with zero attached hydrogens (tertiary/aromatic N) is 2. The van der Waals surface area contributed by atoms with Crippen LogP contribution in [0.4, 0.5) is 0 Å². The van der Waals surface area contributed by atoms with Crippen molar-refractivity contribution in [1.82, 2.24) is 4.90 Å². The van der Waals surface area contributed by atoms with Gasteiger partial charge in [0.25, 0.3) is 5.91 Å². The largest absolute Gasteiger partial charge is 0.508 e. The maximum absolute atomic E-state index is 12.5. The first-order valence-electron chi connectivity index (χ1n) is 6.55. The van der Waals surface area contributed by atoms with Gasteiger partial charge in [0, 0.05) is 25.4 Å². The Morgan fingerprint density at radius 2 is 2.30 bits per heavy atom. The first-order valence-corrected chi connectivity index (χ1v) is 6.93. The number of likely N-dealkylation sites (tertiary alicyclic amines) is 1. The fourth-order valence-electron chi connectivity index (χ4n) is 2.44. The van der Waals surface area contributed by atoms with E-state index in [0.717, 1.165) is 12.1 Å². The molecule has 0 saturated carbocycles. The van der Waals surface area contributed by atoms with Crippen molar-refractivity contribution >= 4 is 23.2 Å². The molecule has 20 heavy (non-hydrogen) atoms. The molecule has 1 aliphatic rings. The van der Waals surface area contributed by atoms with Crippen LogP contribution < -0.4 is 0 Å². The van der Waals surface area contributed by atoms with Crippen LogP contribution in [0.1, 0.15) is 30.1 Å². The number of oxime groups is 1. The van der Waals surface area contributed by atoms with Gasteiger partial charge in [-0.3, -0.25) is 4.79 Å². The van der Waals surface area contributed by atoms with Crippen molar-refractivity contribution < 1.29 is 15.1 Å². The van der Waals surface area contributed by atoms with E-state index in [9.17, 15) is 9.90 Å². The first kappa shape index (κ1) is 14.7. The minimum atomic E-state index is -0.207. The normalized spacial score (nSPS) is 21.2. The highest BCUT2D eigenvalue weighted by molar-refractivity contribution is 6.33. The zero-order valence-corrected chi connectivity index (χ0v) is 12.0. The molecule has 1 atom stereocenters.